The normalized spacial score (nSPS) is 30.8. The summed E-state index contributed by atoms with van der Waals surface area (Å²) >= 11 is 0. The maximum Gasteiger partial charge on any atom is 0.320 e. The lowest BCUT2D eigenvalue weighted by molar-refractivity contribution is -0.143. The molecule has 1 N–H and O–H groups in total. The minimum absolute atomic E-state index is 0.281. The van der Waals surface area contributed by atoms with Crippen LogP contribution in [0.3, 0.4) is 0 Å². The van der Waals surface area contributed by atoms with Gasteiger partial charge in [0.15, 0.2) is 0 Å². The standard InChI is InChI=1S/C18H25NO2/c1-13(11-14-7-3-2-4-8-14)19-16-10-6-5-9-15(16)12-17(19)18(20)21/h2-4,7-8,13,15-17H,5-6,9-12H2,1H3,(H,20,21). The average molecular weight is 287 g/mol. The van der Waals surface area contributed by atoms with Crippen molar-refractivity contribution in [3.63, 3.8) is 0 Å². The topological polar surface area (TPSA) is 40.5 Å². The summed E-state index contributed by atoms with van der Waals surface area (Å²) in [4.78, 5) is 14.0. The number of carboxylic acids is 1. The maximum absolute atomic E-state index is 11.7. The van der Waals surface area contributed by atoms with Gasteiger partial charge in [-0.25, -0.2) is 0 Å². The first-order valence-corrected chi connectivity index (χ1v) is 8.21. The van der Waals surface area contributed by atoms with Gasteiger partial charge in [0.2, 0.25) is 0 Å². The number of carboxylic acid groups (broad SMARTS) is 1. The number of nitrogens with zero attached hydrogens (tertiary/aromatic N) is 1. The van der Waals surface area contributed by atoms with Crippen LogP contribution in [-0.4, -0.2) is 34.1 Å². The number of benzene rings is 1. The van der Waals surface area contributed by atoms with Gasteiger partial charge in [-0.1, -0.05) is 43.2 Å². The van der Waals surface area contributed by atoms with Crippen molar-refractivity contribution in [3.05, 3.63) is 35.9 Å². The van der Waals surface area contributed by atoms with E-state index in [1.807, 2.05) is 6.07 Å². The third-order valence-electron chi connectivity index (χ3n) is 5.31. The van der Waals surface area contributed by atoms with Crippen molar-refractivity contribution in [1.29, 1.82) is 0 Å². The number of fused-ring (bicyclic) bond motifs is 1. The molecule has 0 radical (unpaired) electrons. The van der Waals surface area contributed by atoms with Crippen LogP contribution >= 0.6 is 0 Å². The second-order valence-corrected chi connectivity index (χ2v) is 6.69. The van der Waals surface area contributed by atoms with E-state index in [1.54, 1.807) is 0 Å². The molecule has 0 aromatic heterocycles. The summed E-state index contributed by atoms with van der Waals surface area (Å²) in [6, 6.07) is 10.9. The highest BCUT2D eigenvalue weighted by Gasteiger charge is 2.46. The van der Waals surface area contributed by atoms with Crippen molar-refractivity contribution in [2.24, 2.45) is 5.92 Å². The molecule has 0 amide bonds. The zero-order valence-corrected chi connectivity index (χ0v) is 12.7. The van der Waals surface area contributed by atoms with Crippen LogP contribution in [0.5, 0.6) is 0 Å². The lowest BCUT2D eigenvalue weighted by atomic mass is 9.84. The molecule has 3 heteroatoms. The van der Waals surface area contributed by atoms with Crippen molar-refractivity contribution < 1.29 is 9.90 Å². The number of likely N-dealkylation sites (tertiary alicyclic amines) is 1. The van der Waals surface area contributed by atoms with Crippen molar-refractivity contribution in [3.8, 4) is 0 Å². The lowest BCUT2D eigenvalue weighted by Crippen LogP contribution is -2.48. The summed E-state index contributed by atoms with van der Waals surface area (Å²) in [5.74, 6) is -0.0395. The highest BCUT2D eigenvalue weighted by Crippen LogP contribution is 2.41. The molecule has 3 rings (SSSR count). The van der Waals surface area contributed by atoms with Gasteiger partial charge in [-0.3, -0.25) is 9.69 Å². The maximum atomic E-state index is 11.7. The Bertz CT molecular complexity index is 487. The fourth-order valence-corrected chi connectivity index (χ4v) is 4.42. The smallest absolute Gasteiger partial charge is 0.320 e. The zero-order chi connectivity index (χ0) is 14.8. The van der Waals surface area contributed by atoms with Crippen LogP contribution in [0.25, 0.3) is 0 Å². The van der Waals surface area contributed by atoms with Crippen LogP contribution in [-0.2, 0) is 11.2 Å². The number of aliphatic carboxylic acids is 1. The number of carbonyl (C=O) groups is 1. The van der Waals surface area contributed by atoms with E-state index in [1.165, 1.54) is 31.2 Å². The van der Waals surface area contributed by atoms with Crippen LogP contribution in [0.2, 0.25) is 0 Å². The highest BCUT2D eigenvalue weighted by atomic mass is 16.4. The van der Waals surface area contributed by atoms with E-state index < -0.39 is 5.97 Å². The second-order valence-electron chi connectivity index (χ2n) is 6.69. The van der Waals surface area contributed by atoms with Gasteiger partial charge < -0.3 is 5.11 Å². The summed E-state index contributed by atoms with van der Waals surface area (Å²) in [6.45, 7) is 2.19. The van der Waals surface area contributed by atoms with E-state index in [4.69, 9.17) is 0 Å². The van der Waals surface area contributed by atoms with Gasteiger partial charge in [-0.05, 0) is 44.1 Å². The third-order valence-corrected chi connectivity index (χ3v) is 5.31. The van der Waals surface area contributed by atoms with Gasteiger partial charge in [0, 0.05) is 12.1 Å². The number of hydrogen-bond acceptors (Lipinski definition) is 2. The molecule has 2 fully saturated rings. The summed E-state index contributed by atoms with van der Waals surface area (Å²) in [5.41, 5.74) is 1.30. The van der Waals surface area contributed by atoms with Crippen molar-refractivity contribution in [2.75, 3.05) is 0 Å². The highest BCUT2D eigenvalue weighted by molar-refractivity contribution is 5.74. The first kappa shape index (κ1) is 14.6. The van der Waals surface area contributed by atoms with Gasteiger partial charge in [0.25, 0.3) is 0 Å². The molecule has 2 aliphatic rings. The Balaban J connectivity index is 1.77. The minimum Gasteiger partial charge on any atom is -0.480 e. The fraction of sp³-hybridized carbons (Fsp3) is 0.611. The molecule has 21 heavy (non-hydrogen) atoms. The number of hydrogen-bond donors (Lipinski definition) is 1. The first-order valence-electron chi connectivity index (χ1n) is 8.21. The predicted octanol–water partition coefficient (Wildman–Crippen LogP) is 3.34. The molecule has 4 unspecified atom stereocenters. The minimum atomic E-state index is -0.635. The Hall–Kier alpha value is -1.35. The Kier molecular flexibility index (Phi) is 4.29. The first-order chi connectivity index (χ1) is 10.2. The van der Waals surface area contributed by atoms with Crippen LogP contribution in [0.1, 0.15) is 44.6 Å². The molecule has 1 heterocycles. The van der Waals surface area contributed by atoms with E-state index in [2.05, 4.69) is 36.1 Å². The quantitative estimate of drug-likeness (QED) is 0.923. The molecule has 1 saturated heterocycles. The molecule has 3 nitrogen and oxygen atoms in total. The van der Waals surface area contributed by atoms with E-state index in [9.17, 15) is 9.90 Å². The summed E-state index contributed by atoms with van der Waals surface area (Å²) in [7, 11) is 0. The molecule has 114 valence electrons. The van der Waals surface area contributed by atoms with Gasteiger partial charge in [-0.2, -0.15) is 0 Å². The van der Waals surface area contributed by atoms with E-state index >= 15 is 0 Å². The zero-order valence-electron chi connectivity index (χ0n) is 12.7. The molecular formula is C18H25NO2. The van der Waals surface area contributed by atoms with Crippen LogP contribution in [0.4, 0.5) is 0 Å². The monoisotopic (exact) mass is 287 g/mol. The fourth-order valence-electron chi connectivity index (χ4n) is 4.42. The predicted molar refractivity (Wildman–Crippen MR) is 83.2 cm³/mol. The third kappa shape index (κ3) is 2.98. The van der Waals surface area contributed by atoms with Crippen molar-refractivity contribution >= 4 is 5.97 Å². The van der Waals surface area contributed by atoms with E-state index in [0.29, 0.717) is 18.0 Å². The Morgan fingerprint density at radius 3 is 2.71 bits per heavy atom. The van der Waals surface area contributed by atoms with Crippen molar-refractivity contribution in [1.82, 2.24) is 4.90 Å². The Morgan fingerprint density at radius 2 is 2.00 bits per heavy atom. The SMILES string of the molecule is CC(Cc1ccccc1)N1C(C(=O)O)CC2CCCCC21. The molecule has 4 atom stereocenters. The van der Waals surface area contributed by atoms with Crippen molar-refractivity contribution in [2.45, 2.75) is 63.6 Å². The van der Waals surface area contributed by atoms with Gasteiger partial charge in [0.1, 0.15) is 6.04 Å². The lowest BCUT2D eigenvalue weighted by Gasteiger charge is -2.37. The van der Waals surface area contributed by atoms with Crippen LogP contribution < -0.4 is 0 Å². The molecule has 1 aromatic rings. The van der Waals surface area contributed by atoms with Crippen LogP contribution in [0.15, 0.2) is 30.3 Å². The largest absolute Gasteiger partial charge is 0.480 e. The van der Waals surface area contributed by atoms with Gasteiger partial charge in [-0.15, -0.1) is 0 Å². The summed E-state index contributed by atoms with van der Waals surface area (Å²) in [5, 5.41) is 9.60. The summed E-state index contributed by atoms with van der Waals surface area (Å²) in [6.07, 6.45) is 6.69. The van der Waals surface area contributed by atoms with Crippen LogP contribution in [0, 0.1) is 5.92 Å². The van der Waals surface area contributed by atoms with Gasteiger partial charge >= 0.3 is 5.97 Å². The summed E-state index contributed by atoms with van der Waals surface area (Å²) < 4.78 is 0. The second kappa shape index (κ2) is 6.18. The molecule has 1 aliphatic heterocycles. The molecule has 0 bridgehead atoms. The molecule has 1 aliphatic carbocycles. The average Bonchev–Trinajstić information content (AvgIpc) is 2.88. The molecule has 1 saturated carbocycles. The van der Waals surface area contributed by atoms with Gasteiger partial charge in [0.05, 0.1) is 0 Å². The number of rotatable bonds is 4. The Morgan fingerprint density at radius 1 is 1.29 bits per heavy atom. The van der Waals surface area contributed by atoms with E-state index in [-0.39, 0.29) is 6.04 Å². The van der Waals surface area contributed by atoms with E-state index in [0.717, 1.165) is 12.8 Å². The molecular weight excluding hydrogens is 262 g/mol. The Labute approximate surface area is 127 Å². The molecule has 1 aromatic carbocycles. The molecule has 0 spiro atoms.